The first-order valence-corrected chi connectivity index (χ1v) is 14.6. The van der Waals surface area contributed by atoms with Gasteiger partial charge in [-0.05, 0) is 45.2 Å². The third kappa shape index (κ3) is 5.97. The van der Waals surface area contributed by atoms with Gasteiger partial charge in [-0.15, -0.1) is 0 Å². The Bertz CT molecular complexity index is 1370. The van der Waals surface area contributed by atoms with Crippen LogP contribution in [0.5, 0.6) is 5.75 Å². The molecular formula is C25H33N6O8P. The largest absolute Gasteiger partial charge is 0.465 e. The van der Waals surface area contributed by atoms with Gasteiger partial charge in [-0.2, -0.15) is 10.2 Å². The predicted molar refractivity (Wildman–Crippen MR) is 142 cm³/mol. The number of aliphatic hydroxyl groups excluding tert-OH is 1. The number of aromatic nitrogens is 4. The topological polar surface area (TPSA) is 179 Å². The molecule has 1 saturated heterocycles. The molecule has 0 amide bonds. The number of anilines is 1. The number of carbonyl (C=O) groups is 1. The molecular weight excluding hydrogens is 543 g/mol. The molecule has 6 atom stereocenters. The fourth-order valence-corrected chi connectivity index (χ4v) is 6.14. The maximum atomic E-state index is 13.8. The average molecular weight is 577 g/mol. The van der Waals surface area contributed by atoms with Gasteiger partial charge in [0, 0.05) is 6.54 Å². The van der Waals surface area contributed by atoms with E-state index in [0.29, 0.717) is 30.1 Å². The summed E-state index contributed by atoms with van der Waals surface area (Å²) < 4.78 is 38.1. The molecule has 0 spiro atoms. The first-order valence-electron chi connectivity index (χ1n) is 13.1. The zero-order valence-electron chi connectivity index (χ0n) is 22.2. The van der Waals surface area contributed by atoms with E-state index in [1.54, 1.807) is 30.3 Å². The smallest absolute Gasteiger partial charge is 0.459 e. The number of fused-ring (bicyclic) bond motifs is 3. The molecule has 1 fully saturated rings. The van der Waals surface area contributed by atoms with Crippen molar-refractivity contribution in [2.75, 3.05) is 25.1 Å². The summed E-state index contributed by atoms with van der Waals surface area (Å²) in [5.41, 5.74) is -0.969. The fraction of sp³-hybridized carbons (Fsp3) is 0.520. The van der Waals surface area contributed by atoms with Crippen molar-refractivity contribution in [1.29, 1.82) is 0 Å². The third-order valence-corrected chi connectivity index (χ3v) is 8.48. The normalized spacial score (nSPS) is 32.4. The number of hydrogen-bond acceptors (Lipinski definition) is 12. The number of nitrogens with one attached hydrogen (secondary N) is 2. The SMILES string of the molecule is C[C@H]1NP(=O)(Oc2ccccc2)OC[C@H]2O[C@@H](c3cnc4c(ncnn34)NCCCCCOC1=O)[C@](C)(O)[C@@H]2O. The van der Waals surface area contributed by atoms with Crippen LogP contribution in [0.15, 0.2) is 42.9 Å². The lowest BCUT2D eigenvalue weighted by molar-refractivity contribution is -0.145. The number of rotatable bonds is 2. The van der Waals surface area contributed by atoms with Gasteiger partial charge in [0.25, 0.3) is 0 Å². The van der Waals surface area contributed by atoms with Crippen LogP contribution in [0.3, 0.4) is 0 Å². The van der Waals surface area contributed by atoms with Crippen molar-refractivity contribution in [1.82, 2.24) is 24.7 Å². The molecule has 2 aliphatic heterocycles. The van der Waals surface area contributed by atoms with E-state index in [4.69, 9.17) is 18.5 Å². The number of nitrogens with zero attached hydrogens (tertiary/aromatic N) is 4. The van der Waals surface area contributed by atoms with Gasteiger partial charge in [0.15, 0.2) is 11.5 Å². The number of aliphatic hydroxyl groups is 2. The van der Waals surface area contributed by atoms with Crippen LogP contribution >= 0.6 is 7.75 Å². The second kappa shape index (κ2) is 11.8. The molecule has 1 aromatic carbocycles. The van der Waals surface area contributed by atoms with Gasteiger partial charge in [-0.3, -0.25) is 9.32 Å². The van der Waals surface area contributed by atoms with Crippen molar-refractivity contribution < 1.29 is 38.1 Å². The van der Waals surface area contributed by atoms with Crippen LogP contribution in [0.1, 0.15) is 44.9 Å². The summed E-state index contributed by atoms with van der Waals surface area (Å²) in [6.07, 6.45) is 1.43. The minimum atomic E-state index is -4.20. The monoisotopic (exact) mass is 576 g/mol. The Kier molecular flexibility index (Phi) is 8.36. The van der Waals surface area contributed by atoms with Crippen molar-refractivity contribution >= 4 is 25.2 Å². The highest BCUT2D eigenvalue weighted by Gasteiger charge is 2.54. The maximum Gasteiger partial charge on any atom is 0.459 e. The van der Waals surface area contributed by atoms with E-state index in [1.807, 2.05) is 0 Å². The summed E-state index contributed by atoms with van der Waals surface area (Å²) in [6.45, 7) is 3.26. The highest BCUT2D eigenvalue weighted by molar-refractivity contribution is 7.52. The Morgan fingerprint density at radius 1 is 1.20 bits per heavy atom. The summed E-state index contributed by atoms with van der Waals surface area (Å²) >= 11 is 0. The lowest BCUT2D eigenvalue weighted by Gasteiger charge is -2.26. The molecule has 5 rings (SSSR count). The minimum absolute atomic E-state index is 0.190. The molecule has 216 valence electrons. The molecule has 15 heteroatoms. The fourth-order valence-electron chi connectivity index (χ4n) is 4.64. The number of carbonyl (C=O) groups excluding carboxylic acids is 1. The number of para-hydroxylation sites is 1. The Hall–Kier alpha value is -3.13. The second-order valence-corrected chi connectivity index (χ2v) is 11.6. The summed E-state index contributed by atoms with van der Waals surface area (Å²) in [4.78, 5) is 21.3. The molecule has 40 heavy (non-hydrogen) atoms. The Balaban J connectivity index is 1.45. The van der Waals surface area contributed by atoms with Crippen LogP contribution in [0.4, 0.5) is 5.82 Å². The van der Waals surface area contributed by atoms with Crippen LogP contribution in [0, 0.1) is 0 Å². The number of cyclic esters (lactones) is 1. The van der Waals surface area contributed by atoms with Crippen molar-refractivity contribution in [2.45, 2.75) is 63.1 Å². The molecule has 4 N–H and O–H groups in total. The van der Waals surface area contributed by atoms with Gasteiger partial charge in [0.05, 0.1) is 25.1 Å². The Morgan fingerprint density at radius 2 is 2.00 bits per heavy atom. The van der Waals surface area contributed by atoms with E-state index in [-0.39, 0.29) is 12.4 Å². The lowest BCUT2D eigenvalue weighted by atomic mass is 9.91. The summed E-state index contributed by atoms with van der Waals surface area (Å²) in [5, 5.41) is 32.4. The number of hydrogen-bond donors (Lipinski definition) is 4. The molecule has 1 unspecified atom stereocenters. The summed E-state index contributed by atoms with van der Waals surface area (Å²) in [6, 6.07) is 7.29. The van der Waals surface area contributed by atoms with Gasteiger partial charge >= 0.3 is 13.7 Å². The Morgan fingerprint density at radius 3 is 2.80 bits per heavy atom. The van der Waals surface area contributed by atoms with E-state index in [2.05, 4.69) is 25.5 Å². The van der Waals surface area contributed by atoms with E-state index in [1.165, 1.54) is 30.9 Å². The number of esters is 1. The van der Waals surface area contributed by atoms with Crippen LogP contribution < -0.4 is 14.9 Å². The number of ether oxygens (including phenoxy) is 2. The number of benzene rings is 1. The molecule has 14 nitrogen and oxygen atoms in total. The highest BCUT2D eigenvalue weighted by atomic mass is 31.2. The first-order chi connectivity index (χ1) is 19.2. The molecule has 0 saturated carbocycles. The van der Waals surface area contributed by atoms with E-state index in [0.717, 1.165) is 12.8 Å². The maximum absolute atomic E-state index is 13.8. The van der Waals surface area contributed by atoms with Gasteiger partial charge < -0.3 is 29.5 Å². The summed E-state index contributed by atoms with van der Waals surface area (Å²) in [5.74, 6) is 0.116. The van der Waals surface area contributed by atoms with Gasteiger partial charge in [-0.1, -0.05) is 18.2 Å². The number of imidazole rings is 1. The molecule has 6 bridgehead atoms. The van der Waals surface area contributed by atoms with Crippen LogP contribution in [0.25, 0.3) is 5.65 Å². The van der Waals surface area contributed by atoms with E-state index >= 15 is 0 Å². The predicted octanol–water partition coefficient (Wildman–Crippen LogP) is 2.00. The molecule has 0 aliphatic carbocycles. The zero-order valence-corrected chi connectivity index (χ0v) is 23.1. The van der Waals surface area contributed by atoms with Crippen molar-refractivity contribution in [2.24, 2.45) is 0 Å². The summed E-state index contributed by atoms with van der Waals surface area (Å²) in [7, 11) is -4.20. The van der Waals surface area contributed by atoms with Gasteiger partial charge in [0.2, 0.25) is 0 Å². The quantitative estimate of drug-likeness (QED) is 0.257. The van der Waals surface area contributed by atoms with Gasteiger partial charge in [-0.25, -0.2) is 19.0 Å². The highest BCUT2D eigenvalue weighted by Crippen LogP contribution is 2.47. The molecule has 2 aliphatic rings. The van der Waals surface area contributed by atoms with Crippen LogP contribution in [0.2, 0.25) is 0 Å². The van der Waals surface area contributed by atoms with Crippen LogP contribution in [-0.4, -0.2) is 79.4 Å². The molecule has 2 aromatic heterocycles. The molecule has 0 radical (unpaired) electrons. The zero-order chi connectivity index (χ0) is 28.3. The standard InChI is InChI=1S/C25H33N6O8P/c1-16-24(33)36-12-8-4-7-11-26-22-23-27-13-18(31(23)29-15-28-22)21-25(2,34)20(32)19(38-21)14-37-40(35,30-16)39-17-9-5-3-6-10-17/h3,5-6,9-10,13,15-16,19-21,32,34H,4,7-8,11-12,14H2,1-2H3,(H,30,35)(H,26,28,29)/t16-,19-,20-,21+,25-,40?/m1/s1. The van der Waals surface area contributed by atoms with Crippen LogP contribution in [-0.2, 0) is 23.4 Å². The minimum Gasteiger partial charge on any atom is -0.465 e. The van der Waals surface area contributed by atoms with E-state index < -0.39 is 50.3 Å². The second-order valence-electron chi connectivity index (χ2n) is 9.96. The van der Waals surface area contributed by atoms with Crippen molar-refractivity contribution in [3.63, 3.8) is 0 Å². The molecule has 3 aromatic rings. The average Bonchev–Trinajstić information content (AvgIpc) is 3.45. The third-order valence-electron chi connectivity index (χ3n) is 6.83. The van der Waals surface area contributed by atoms with E-state index in [9.17, 15) is 19.6 Å². The van der Waals surface area contributed by atoms with Crippen molar-refractivity contribution in [3.8, 4) is 5.75 Å². The Labute approximate surface area is 230 Å². The lowest BCUT2D eigenvalue weighted by Crippen LogP contribution is -2.43. The molecule has 4 heterocycles. The first kappa shape index (κ1) is 28.4. The van der Waals surface area contributed by atoms with Crippen molar-refractivity contribution in [3.05, 3.63) is 48.5 Å². The van der Waals surface area contributed by atoms with Gasteiger partial charge in [0.1, 0.15) is 42.0 Å².